The second-order valence-electron chi connectivity index (χ2n) is 7.90. The van der Waals surface area contributed by atoms with Crippen molar-refractivity contribution in [1.29, 1.82) is 0 Å². The molecule has 28 heavy (non-hydrogen) atoms. The van der Waals surface area contributed by atoms with Gasteiger partial charge in [-0.15, -0.1) is 0 Å². The number of hydrogen-bond acceptors (Lipinski definition) is 3. The van der Waals surface area contributed by atoms with E-state index in [4.69, 9.17) is 0 Å². The van der Waals surface area contributed by atoms with Crippen LogP contribution in [-0.4, -0.2) is 24.1 Å². The molecule has 0 aliphatic carbocycles. The van der Waals surface area contributed by atoms with Crippen molar-refractivity contribution in [2.75, 3.05) is 16.8 Å². The number of anilines is 2. The van der Waals surface area contributed by atoms with Crippen molar-refractivity contribution in [3.8, 4) is 0 Å². The molecule has 5 nitrogen and oxygen atoms in total. The second-order valence-corrected chi connectivity index (χ2v) is 7.90. The zero-order chi connectivity index (χ0) is 20.9. The Morgan fingerprint density at radius 3 is 1.93 bits per heavy atom. The Morgan fingerprint density at radius 2 is 1.46 bits per heavy atom. The van der Waals surface area contributed by atoms with Gasteiger partial charge in [-0.2, -0.15) is 0 Å². The highest BCUT2D eigenvalue weighted by Crippen LogP contribution is 2.23. The molecule has 148 valence electrons. The number of rotatable bonds is 6. The van der Waals surface area contributed by atoms with E-state index in [1.807, 2.05) is 24.3 Å². The van der Waals surface area contributed by atoms with Gasteiger partial charge in [0.15, 0.2) is 5.78 Å². The average molecular weight is 380 g/mol. The standard InChI is InChI=1S/C23H28N2O3/c1-16(26)18-6-12-21(13-7-18)25(17(2)27)15-14-22(28)24-20-10-8-19(9-11-20)23(3,4)5/h6-13H,14-15H2,1-5H3,(H,24,28). The quantitative estimate of drug-likeness (QED) is 0.747. The van der Waals surface area contributed by atoms with Crippen LogP contribution in [0, 0.1) is 0 Å². The number of benzene rings is 2. The molecule has 0 aliphatic rings. The summed E-state index contributed by atoms with van der Waals surface area (Å²) in [7, 11) is 0. The summed E-state index contributed by atoms with van der Waals surface area (Å²) in [4.78, 5) is 37.2. The van der Waals surface area contributed by atoms with E-state index < -0.39 is 0 Å². The van der Waals surface area contributed by atoms with Crippen LogP contribution in [0.5, 0.6) is 0 Å². The van der Waals surface area contributed by atoms with Crippen molar-refractivity contribution in [3.05, 3.63) is 59.7 Å². The highest BCUT2D eigenvalue weighted by molar-refractivity contribution is 5.97. The number of nitrogens with zero attached hydrogens (tertiary/aromatic N) is 1. The molecule has 0 saturated carbocycles. The molecule has 5 heteroatoms. The highest BCUT2D eigenvalue weighted by Gasteiger charge is 2.15. The third kappa shape index (κ3) is 5.78. The first kappa shape index (κ1) is 21.4. The van der Waals surface area contributed by atoms with E-state index in [1.165, 1.54) is 24.3 Å². The molecule has 2 amide bonds. The van der Waals surface area contributed by atoms with Gasteiger partial charge >= 0.3 is 0 Å². The van der Waals surface area contributed by atoms with E-state index in [1.54, 1.807) is 24.3 Å². The molecule has 0 aliphatic heterocycles. The van der Waals surface area contributed by atoms with Crippen LogP contribution < -0.4 is 10.2 Å². The first-order valence-corrected chi connectivity index (χ1v) is 9.37. The molecular formula is C23H28N2O3. The van der Waals surface area contributed by atoms with Crippen molar-refractivity contribution in [2.45, 2.75) is 46.5 Å². The van der Waals surface area contributed by atoms with Gasteiger partial charge in [0.1, 0.15) is 0 Å². The third-order valence-corrected chi connectivity index (χ3v) is 4.56. The number of hydrogen-bond donors (Lipinski definition) is 1. The summed E-state index contributed by atoms with van der Waals surface area (Å²) < 4.78 is 0. The van der Waals surface area contributed by atoms with E-state index in [0.29, 0.717) is 11.3 Å². The van der Waals surface area contributed by atoms with E-state index in [0.717, 1.165) is 5.69 Å². The van der Waals surface area contributed by atoms with Gasteiger partial charge in [0.2, 0.25) is 11.8 Å². The molecule has 2 rings (SSSR count). The number of amides is 2. The van der Waals surface area contributed by atoms with Crippen molar-refractivity contribution in [1.82, 2.24) is 0 Å². The minimum atomic E-state index is -0.157. The van der Waals surface area contributed by atoms with Crippen LogP contribution in [0.2, 0.25) is 0 Å². The largest absolute Gasteiger partial charge is 0.326 e. The molecule has 0 spiro atoms. The molecule has 0 heterocycles. The Hall–Kier alpha value is -2.95. The van der Waals surface area contributed by atoms with Gasteiger partial charge in [-0.25, -0.2) is 0 Å². The minimum absolute atomic E-state index is 0.0298. The van der Waals surface area contributed by atoms with Gasteiger partial charge in [-0.3, -0.25) is 14.4 Å². The van der Waals surface area contributed by atoms with Gasteiger partial charge < -0.3 is 10.2 Å². The van der Waals surface area contributed by atoms with Crippen LogP contribution in [0.4, 0.5) is 11.4 Å². The molecular weight excluding hydrogens is 352 g/mol. The van der Waals surface area contributed by atoms with Gasteiger partial charge in [-0.1, -0.05) is 32.9 Å². The molecule has 0 unspecified atom stereocenters. The van der Waals surface area contributed by atoms with Crippen molar-refractivity contribution in [2.24, 2.45) is 0 Å². The predicted octanol–water partition coefficient (Wildman–Crippen LogP) is 4.57. The molecule has 0 saturated heterocycles. The fraction of sp³-hybridized carbons (Fsp3) is 0.348. The molecule has 0 aromatic heterocycles. The Bertz CT molecular complexity index is 847. The lowest BCUT2D eigenvalue weighted by atomic mass is 9.87. The fourth-order valence-electron chi connectivity index (χ4n) is 2.83. The Balaban J connectivity index is 1.98. The van der Waals surface area contributed by atoms with Gasteiger partial charge in [-0.05, 0) is 54.3 Å². The Morgan fingerprint density at radius 1 is 0.893 bits per heavy atom. The van der Waals surface area contributed by atoms with E-state index in [-0.39, 0.29) is 36.0 Å². The zero-order valence-corrected chi connectivity index (χ0v) is 17.2. The first-order valence-electron chi connectivity index (χ1n) is 9.37. The van der Waals surface area contributed by atoms with E-state index >= 15 is 0 Å². The van der Waals surface area contributed by atoms with Gasteiger partial charge in [0.05, 0.1) is 0 Å². The number of ketones is 1. The van der Waals surface area contributed by atoms with Crippen molar-refractivity contribution < 1.29 is 14.4 Å². The van der Waals surface area contributed by atoms with Crippen molar-refractivity contribution >= 4 is 29.0 Å². The maximum absolute atomic E-state index is 12.3. The number of Topliss-reactive ketones (excluding diaryl/α,β-unsaturated/α-hetero) is 1. The maximum Gasteiger partial charge on any atom is 0.226 e. The monoisotopic (exact) mass is 380 g/mol. The normalized spacial score (nSPS) is 11.0. The van der Waals surface area contributed by atoms with Crippen LogP contribution in [0.15, 0.2) is 48.5 Å². The van der Waals surface area contributed by atoms with Crippen molar-refractivity contribution in [3.63, 3.8) is 0 Å². The lowest BCUT2D eigenvalue weighted by Crippen LogP contribution is -2.32. The molecule has 0 atom stereocenters. The SMILES string of the molecule is CC(=O)c1ccc(N(CCC(=O)Nc2ccc(C(C)(C)C)cc2)C(C)=O)cc1. The highest BCUT2D eigenvalue weighted by atomic mass is 16.2. The van der Waals surface area contributed by atoms with Crippen LogP contribution >= 0.6 is 0 Å². The van der Waals surface area contributed by atoms with E-state index in [9.17, 15) is 14.4 Å². The average Bonchev–Trinajstić information content (AvgIpc) is 2.61. The molecule has 2 aromatic rings. The molecule has 0 bridgehead atoms. The summed E-state index contributed by atoms with van der Waals surface area (Å²) in [6, 6.07) is 14.6. The summed E-state index contributed by atoms with van der Waals surface area (Å²) in [5.74, 6) is -0.342. The third-order valence-electron chi connectivity index (χ3n) is 4.56. The lowest BCUT2D eigenvalue weighted by Gasteiger charge is -2.21. The molecule has 1 N–H and O–H groups in total. The van der Waals surface area contributed by atoms with E-state index in [2.05, 4.69) is 26.1 Å². The summed E-state index contributed by atoms with van der Waals surface area (Å²) >= 11 is 0. The smallest absolute Gasteiger partial charge is 0.226 e. The summed E-state index contributed by atoms with van der Waals surface area (Å²) in [6.07, 6.45) is 0.176. The Labute approximate surface area is 166 Å². The Kier molecular flexibility index (Phi) is 6.73. The van der Waals surface area contributed by atoms with Crippen LogP contribution in [0.3, 0.4) is 0 Å². The van der Waals surface area contributed by atoms with Crippen LogP contribution in [0.25, 0.3) is 0 Å². The van der Waals surface area contributed by atoms with Crippen LogP contribution in [-0.2, 0) is 15.0 Å². The number of nitrogens with one attached hydrogen (secondary N) is 1. The topological polar surface area (TPSA) is 66.5 Å². The predicted molar refractivity (Wildman–Crippen MR) is 113 cm³/mol. The summed E-state index contributed by atoms with van der Waals surface area (Å²) in [6.45, 7) is 9.64. The fourth-order valence-corrected chi connectivity index (χ4v) is 2.83. The minimum Gasteiger partial charge on any atom is -0.326 e. The van der Waals surface area contributed by atoms with Crippen LogP contribution in [0.1, 0.15) is 57.0 Å². The molecule has 2 aromatic carbocycles. The maximum atomic E-state index is 12.3. The summed E-state index contributed by atoms with van der Waals surface area (Å²) in [5, 5.41) is 2.87. The molecule has 0 fully saturated rings. The number of carbonyl (C=O) groups is 3. The summed E-state index contributed by atoms with van der Waals surface area (Å²) in [5.41, 5.74) is 3.24. The molecule has 0 radical (unpaired) electrons. The first-order chi connectivity index (χ1) is 13.1. The lowest BCUT2D eigenvalue weighted by molar-refractivity contribution is -0.117. The number of carbonyl (C=O) groups excluding carboxylic acids is 3. The van der Waals surface area contributed by atoms with Gasteiger partial charge in [0, 0.05) is 36.8 Å². The zero-order valence-electron chi connectivity index (χ0n) is 17.2. The second kappa shape index (κ2) is 8.83. The van der Waals surface area contributed by atoms with Gasteiger partial charge in [0.25, 0.3) is 0 Å².